The second-order valence-electron chi connectivity index (χ2n) is 2.97. The minimum absolute atomic E-state index is 0.121. The molecule has 1 unspecified atom stereocenters. The Labute approximate surface area is 92.9 Å². The fourth-order valence-corrected chi connectivity index (χ4v) is 1.08. The first kappa shape index (κ1) is 14.3. The highest BCUT2D eigenvalue weighted by Crippen LogP contribution is 2.08. The lowest BCUT2D eigenvalue weighted by atomic mass is 10.1. The van der Waals surface area contributed by atoms with E-state index >= 15 is 0 Å². The lowest BCUT2D eigenvalue weighted by molar-refractivity contribution is -0.486. The first-order valence-corrected chi connectivity index (χ1v) is 4.95. The van der Waals surface area contributed by atoms with Gasteiger partial charge < -0.3 is 9.47 Å². The van der Waals surface area contributed by atoms with E-state index in [0.717, 1.165) is 0 Å². The predicted octanol–water partition coefficient (Wildman–Crippen LogP) is 0.396. The molecular weight excluding hydrogens is 218 g/mol. The number of carbonyl (C=O) groups excluding carboxylic acids is 2. The van der Waals surface area contributed by atoms with E-state index in [9.17, 15) is 19.7 Å². The van der Waals surface area contributed by atoms with Crippen molar-refractivity contribution in [3.05, 3.63) is 10.1 Å². The first-order valence-electron chi connectivity index (χ1n) is 4.95. The maximum Gasteiger partial charge on any atom is 0.316 e. The van der Waals surface area contributed by atoms with Gasteiger partial charge in [0.05, 0.1) is 19.6 Å². The zero-order valence-electron chi connectivity index (χ0n) is 9.30. The van der Waals surface area contributed by atoms with Gasteiger partial charge in [-0.25, -0.2) is 0 Å². The smallest absolute Gasteiger partial charge is 0.316 e. The highest BCUT2D eigenvalue weighted by molar-refractivity contribution is 5.80. The van der Waals surface area contributed by atoms with Gasteiger partial charge in [-0.05, 0) is 13.8 Å². The molecule has 0 aromatic carbocycles. The molecule has 0 aromatic rings. The fourth-order valence-electron chi connectivity index (χ4n) is 1.08. The van der Waals surface area contributed by atoms with Gasteiger partial charge in [-0.3, -0.25) is 19.7 Å². The van der Waals surface area contributed by atoms with Crippen LogP contribution in [-0.2, 0) is 19.1 Å². The van der Waals surface area contributed by atoms with E-state index < -0.39 is 29.3 Å². The van der Waals surface area contributed by atoms with Crippen LogP contribution in [-0.4, -0.2) is 36.6 Å². The van der Waals surface area contributed by atoms with Crippen molar-refractivity contribution in [1.29, 1.82) is 0 Å². The lowest BCUT2D eigenvalue weighted by Gasteiger charge is -2.10. The van der Waals surface area contributed by atoms with Gasteiger partial charge in [0.25, 0.3) is 0 Å². The van der Waals surface area contributed by atoms with E-state index in [0.29, 0.717) is 0 Å². The summed E-state index contributed by atoms with van der Waals surface area (Å²) in [6.45, 7) is 2.87. The average molecular weight is 233 g/mol. The molecule has 7 nitrogen and oxygen atoms in total. The molecule has 0 bridgehead atoms. The Kier molecular flexibility index (Phi) is 6.82. The average Bonchev–Trinajstić information content (AvgIpc) is 2.16. The van der Waals surface area contributed by atoms with Gasteiger partial charge in [-0.1, -0.05) is 0 Å². The van der Waals surface area contributed by atoms with Crippen LogP contribution in [0.2, 0.25) is 0 Å². The van der Waals surface area contributed by atoms with Crippen molar-refractivity contribution in [1.82, 2.24) is 0 Å². The monoisotopic (exact) mass is 233 g/mol. The molecule has 16 heavy (non-hydrogen) atoms. The van der Waals surface area contributed by atoms with Gasteiger partial charge in [0.2, 0.25) is 6.54 Å². The van der Waals surface area contributed by atoms with Crippen LogP contribution < -0.4 is 0 Å². The van der Waals surface area contributed by atoms with Crippen LogP contribution >= 0.6 is 0 Å². The molecule has 0 radical (unpaired) electrons. The number of rotatable bonds is 7. The summed E-state index contributed by atoms with van der Waals surface area (Å²) >= 11 is 0. The number of nitro groups is 1. The van der Waals surface area contributed by atoms with Gasteiger partial charge in [0.1, 0.15) is 5.92 Å². The summed E-state index contributed by atoms with van der Waals surface area (Å²) in [7, 11) is 0. The summed E-state index contributed by atoms with van der Waals surface area (Å²) < 4.78 is 9.25. The summed E-state index contributed by atoms with van der Waals surface area (Å²) in [6.07, 6.45) is -0.326. The predicted molar refractivity (Wildman–Crippen MR) is 53.2 cm³/mol. The maximum atomic E-state index is 11.3. The molecule has 0 rings (SSSR count). The van der Waals surface area contributed by atoms with Crippen molar-refractivity contribution in [2.45, 2.75) is 20.3 Å². The molecular formula is C9H15NO6. The normalized spacial score (nSPS) is 11.6. The van der Waals surface area contributed by atoms with Crippen molar-refractivity contribution in [3.63, 3.8) is 0 Å². The molecule has 0 aliphatic rings. The van der Waals surface area contributed by atoms with Crippen LogP contribution in [0.15, 0.2) is 0 Å². The molecule has 0 fully saturated rings. The van der Waals surface area contributed by atoms with Crippen LogP contribution in [0, 0.1) is 16.0 Å². The number of hydrogen-bond donors (Lipinski definition) is 0. The molecule has 0 aromatic heterocycles. The second kappa shape index (κ2) is 7.61. The third-order valence-corrected chi connectivity index (χ3v) is 1.71. The van der Waals surface area contributed by atoms with Gasteiger partial charge in [0, 0.05) is 4.92 Å². The summed E-state index contributed by atoms with van der Waals surface area (Å²) in [5.41, 5.74) is 0. The fraction of sp³-hybridized carbons (Fsp3) is 0.778. The lowest BCUT2D eigenvalue weighted by Crippen LogP contribution is -2.28. The molecule has 7 heteroatoms. The number of esters is 2. The Bertz CT molecular complexity index is 265. The summed E-state index contributed by atoms with van der Waals surface area (Å²) in [5, 5.41) is 10.3. The van der Waals surface area contributed by atoms with E-state index in [1.807, 2.05) is 0 Å². The molecule has 0 saturated carbocycles. The molecule has 0 spiro atoms. The topological polar surface area (TPSA) is 95.7 Å². The Morgan fingerprint density at radius 2 is 1.81 bits per heavy atom. The van der Waals surface area contributed by atoms with Crippen LogP contribution in [0.25, 0.3) is 0 Å². The van der Waals surface area contributed by atoms with Crippen LogP contribution in [0.1, 0.15) is 20.3 Å². The zero-order chi connectivity index (χ0) is 12.6. The maximum absolute atomic E-state index is 11.3. The third kappa shape index (κ3) is 5.94. The summed E-state index contributed by atoms with van der Waals surface area (Å²) in [4.78, 5) is 32.0. The molecule has 0 saturated heterocycles. The molecule has 92 valence electrons. The quantitative estimate of drug-likeness (QED) is 0.358. The molecule has 0 heterocycles. The van der Waals surface area contributed by atoms with Gasteiger partial charge in [0.15, 0.2) is 0 Å². The van der Waals surface area contributed by atoms with Crippen LogP contribution in [0.3, 0.4) is 0 Å². The Morgan fingerprint density at radius 3 is 2.25 bits per heavy atom. The standard InChI is InChI=1S/C9H15NO6/c1-3-15-8(11)5-7(6-10(13)14)9(12)16-4-2/h7H,3-6H2,1-2H3. The summed E-state index contributed by atoms with van der Waals surface area (Å²) in [5.74, 6) is -2.45. The molecule has 0 N–H and O–H groups in total. The minimum Gasteiger partial charge on any atom is -0.466 e. The zero-order valence-corrected chi connectivity index (χ0v) is 9.30. The Morgan fingerprint density at radius 1 is 1.25 bits per heavy atom. The van der Waals surface area contributed by atoms with Crippen molar-refractivity contribution < 1.29 is 24.0 Å². The van der Waals surface area contributed by atoms with Crippen LogP contribution in [0.5, 0.6) is 0 Å². The van der Waals surface area contributed by atoms with E-state index in [4.69, 9.17) is 0 Å². The highest BCUT2D eigenvalue weighted by Gasteiger charge is 2.28. The molecule has 0 aliphatic carbocycles. The van der Waals surface area contributed by atoms with E-state index in [2.05, 4.69) is 9.47 Å². The first-order chi connectivity index (χ1) is 7.51. The Hall–Kier alpha value is -1.66. The Balaban J connectivity index is 4.36. The van der Waals surface area contributed by atoms with Crippen LogP contribution in [0.4, 0.5) is 0 Å². The van der Waals surface area contributed by atoms with Crippen molar-refractivity contribution in [2.24, 2.45) is 5.92 Å². The van der Waals surface area contributed by atoms with Crippen molar-refractivity contribution in [3.8, 4) is 0 Å². The largest absolute Gasteiger partial charge is 0.466 e. The van der Waals surface area contributed by atoms with E-state index in [1.54, 1.807) is 13.8 Å². The van der Waals surface area contributed by atoms with Crippen molar-refractivity contribution in [2.75, 3.05) is 19.8 Å². The minimum atomic E-state index is -1.08. The van der Waals surface area contributed by atoms with E-state index in [-0.39, 0.29) is 19.6 Å². The van der Waals surface area contributed by atoms with E-state index in [1.165, 1.54) is 0 Å². The van der Waals surface area contributed by atoms with Gasteiger partial charge in [-0.15, -0.1) is 0 Å². The molecule has 0 aliphatic heterocycles. The number of ether oxygens (including phenoxy) is 2. The SMILES string of the molecule is CCOC(=O)CC(C[N+](=O)[O-])C(=O)OCC. The third-order valence-electron chi connectivity index (χ3n) is 1.71. The number of nitrogens with zero attached hydrogens (tertiary/aromatic N) is 1. The summed E-state index contributed by atoms with van der Waals surface area (Å²) in [6, 6.07) is 0. The highest BCUT2D eigenvalue weighted by atomic mass is 16.6. The second-order valence-corrected chi connectivity index (χ2v) is 2.97. The molecule has 0 amide bonds. The van der Waals surface area contributed by atoms with Gasteiger partial charge in [-0.2, -0.15) is 0 Å². The van der Waals surface area contributed by atoms with Crippen molar-refractivity contribution >= 4 is 11.9 Å². The molecule has 1 atom stereocenters. The number of carbonyl (C=O) groups is 2. The van der Waals surface area contributed by atoms with Gasteiger partial charge >= 0.3 is 11.9 Å². The number of hydrogen-bond acceptors (Lipinski definition) is 6.